The fourth-order valence-electron chi connectivity index (χ4n) is 5.20. The van der Waals surface area contributed by atoms with Gasteiger partial charge in [0.2, 0.25) is 11.8 Å². The van der Waals surface area contributed by atoms with E-state index in [4.69, 9.17) is 0 Å². The van der Waals surface area contributed by atoms with Crippen LogP contribution in [0.15, 0.2) is 48.5 Å². The molecule has 0 aromatic heterocycles. The summed E-state index contributed by atoms with van der Waals surface area (Å²) in [6.45, 7) is 9.43. The van der Waals surface area contributed by atoms with Crippen molar-refractivity contribution in [2.24, 2.45) is 11.3 Å². The molecule has 2 saturated heterocycles. The molecule has 2 aliphatic heterocycles. The van der Waals surface area contributed by atoms with E-state index in [1.807, 2.05) is 30.6 Å². The van der Waals surface area contributed by atoms with Crippen LogP contribution < -0.4 is 0 Å². The maximum atomic E-state index is 13.6. The van der Waals surface area contributed by atoms with Gasteiger partial charge in [-0.05, 0) is 48.2 Å². The monoisotopic (exact) mass is 483 g/mol. The summed E-state index contributed by atoms with van der Waals surface area (Å²) in [5.74, 6) is -0.536. The Labute approximate surface area is 206 Å². The normalized spacial score (nSPS) is 19.8. The molecule has 7 heteroatoms. The van der Waals surface area contributed by atoms with E-state index in [1.165, 1.54) is 24.3 Å². The van der Waals surface area contributed by atoms with Crippen molar-refractivity contribution >= 4 is 11.8 Å². The van der Waals surface area contributed by atoms with Crippen LogP contribution in [0.1, 0.15) is 50.8 Å². The molecule has 0 aliphatic carbocycles. The third kappa shape index (κ3) is 5.89. The van der Waals surface area contributed by atoms with E-state index in [2.05, 4.69) is 4.90 Å². The van der Waals surface area contributed by atoms with Crippen LogP contribution in [0.5, 0.6) is 0 Å². The first kappa shape index (κ1) is 25.3. The summed E-state index contributed by atoms with van der Waals surface area (Å²) in [5, 5.41) is 0. The smallest absolute Gasteiger partial charge is 0.227 e. The Morgan fingerprint density at radius 2 is 1.31 bits per heavy atom. The van der Waals surface area contributed by atoms with Crippen molar-refractivity contribution in [2.45, 2.75) is 39.7 Å². The number of hydrogen-bond acceptors (Lipinski definition) is 3. The Hall–Kier alpha value is -2.80. The third-order valence-electron chi connectivity index (χ3n) is 7.06. The van der Waals surface area contributed by atoms with Crippen molar-refractivity contribution in [3.63, 3.8) is 0 Å². The molecule has 2 aromatic carbocycles. The molecule has 4 rings (SSSR count). The zero-order valence-electron chi connectivity index (χ0n) is 20.8. The van der Waals surface area contributed by atoms with Crippen LogP contribution in [-0.2, 0) is 9.59 Å². The molecule has 1 unspecified atom stereocenters. The topological polar surface area (TPSA) is 43.9 Å². The van der Waals surface area contributed by atoms with Gasteiger partial charge in [0.05, 0.1) is 12.0 Å². The molecule has 1 atom stereocenters. The van der Waals surface area contributed by atoms with Crippen LogP contribution in [0.4, 0.5) is 8.78 Å². The fraction of sp³-hybridized carbons (Fsp3) is 0.500. The summed E-state index contributed by atoms with van der Waals surface area (Å²) >= 11 is 0. The Morgan fingerprint density at radius 3 is 1.80 bits per heavy atom. The molecule has 2 heterocycles. The van der Waals surface area contributed by atoms with E-state index >= 15 is 0 Å². The maximum absolute atomic E-state index is 13.6. The lowest BCUT2D eigenvalue weighted by molar-refractivity contribution is -0.146. The highest BCUT2D eigenvalue weighted by molar-refractivity contribution is 5.84. The van der Waals surface area contributed by atoms with E-state index in [-0.39, 0.29) is 35.4 Å². The number of halogens is 2. The first-order chi connectivity index (χ1) is 16.6. The van der Waals surface area contributed by atoms with Gasteiger partial charge < -0.3 is 9.80 Å². The van der Waals surface area contributed by atoms with Gasteiger partial charge in [0.25, 0.3) is 0 Å². The minimum Gasteiger partial charge on any atom is -0.341 e. The van der Waals surface area contributed by atoms with Crippen molar-refractivity contribution < 1.29 is 18.4 Å². The first-order valence-corrected chi connectivity index (χ1v) is 12.5. The second-order valence-corrected chi connectivity index (χ2v) is 10.7. The van der Waals surface area contributed by atoms with E-state index in [0.717, 1.165) is 24.0 Å². The first-order valence-electron chi connectivity index (χ1n) is 12.5. The number of piperazine rings is 1. The molecule has 188 valence electrons. The number of carbonyl (C=O) groups excluding carboxylic acids is 2. The van der Waals surface area contributed by atoms with Crippen molar-refractivity contribution in [3.8, 4) is 0 Å². The highest BCUT2D eigenvalue weighted by Crippen LogP contribution is 2.31. The molecular formula is C28H35F2N3O2. The fourth-order valence-corrected chi connectivity index (χ4v) is 5.20. The molecule has 0 bridgehead atoms. The lowest BCUT2D eigenvalue weighted by Gasteiger charge is -2.42. The molecule has 35 heavy (non-hydrogen) atoms. The highest BCUT2D eigenvalue weighted by Gasteiger charge is 2.36. The maximum Gasteiger partial charge on any atom is 0.227 e. The number of amides is 2. The van der Waals surface area contributed by atoms with Gasteiger partial charge >= 0.3 is 0 Å². The van der Waals surface area contributed by atoms with Crippen molar-refractivity contribution in [2.75, 3.05) is 39.3 Å². The largest absolute Gasteiger partial charge is 0.341 e. The van der Waals surface area contributed by atoms with E-state index in [1.54, 1.807) is 24.3 Å². The lowest BCUT2D eigenvalue weighted by atomic mass is 9.90. The minimum absolute atomic E-state index is 0.0984. The molecule has 2 aromatic rings. The molecule has 2 amide bonds. The number of carbonyl (C=O) groups is 2. The molecule has 2 fully saturated rings. The Kier molecular flexibility index (Phi) is 7.55. The van der Waals surface area contributed by atoms with Gasteiger partial charge in [-0.2, -0.15) is 0 Å². The van der Waals surface area contributed by atoms with Gasteiger partial charge in [-0.25, -0.2) is 8.78 Å². The molecular weight excluding hydrogens is 448 g/mol. The second-order valence-electron chi connectivity index (χ2n) is 10.7. The second kappa shape index (κ2) is 10.4. The standard InChI is InChI=1S/C28H35F2N3O2/c1-28(2,3)27(35)33-14-4-5-22(19-33)26(34)32-17-15-31(16-18-32)25(20-6-10-23(29)11-7-20)21-8-12-24(30)13-9-21/h6-13,22,25H,4-5,14-19H2,1-3H3. The van der Waals surface area contributed by atoms with Gasteiger partial charge in [-0.3, -0.25) is 14.5 Å². The number of rotatable bonds is 4. The van der Waals surface area contributed by atoms with E-state index in [9.17, 15) is 18.4 Å². The van der Waals surface area contributed by atoms with Crippen LogP contribution in [0, 0.1) is 23.0 Å². The highest BCUT2D eigenvalue weighted by atomic mass is 19.1. The average Bonchev–Trinajstić information content (AvgIpc) is 2.85. The molecule has 5 nitrogen and oxygen atoms in total. The van der Waals surface area contributed by atoms with Crippen molar-refractivity contribution in [3.05, 3.63) is 71.3 Å². The van der Waals surface area contributed by atoms with Crippen LogP contribution in [0.2, 0.25) is 0 Å². The van der Waals surface area contributed by atoms with Crippen LogP contribution in [-0.4, -0.2) is 65.8 Å². The summed E-state index contributed by atoms with van der Waals surface area (Å²) < 4.78 is 27.2. The summed E-state index contributed by atoms with van der Waals surface area (Å²) in [7, 11) is 0. The van der Waals surface area contributed by atoms with E-state index in [0.29, 0.717) is 39.3 Å². The average molecular weight is 484 g/mol. The van der Waals surface area contributed by atoms with Crippen molar-refractivity contribution in [1.82, 2.24) is 14.7 Å². The zero-order valence-corrected chi connectivity index (χ0v) is 20.8. The number of nitrogens with zero attached hydrogens (tertiary/aromatic N) is 3. The summed E-state index contributed by atoms with van der Waals surface area (Å²) in [5.41, 5.74) is 1.41. The van der Waals surface area contributed by atoms with Gasteiger partial charge in [-0.1, -0.05) is 45.0 Å². The SMILES string of the molecule is CC(C)(C)C(=O)N1CCCC(C(=O)N2CCN(C(c3ccc(F)cc3)c3ccc(F)cc3)CC2)C1. The van der Waals surface area contributed by atoms with Gasteiger partial charge in [0.15, 0.2) is 0 Å². The molecule has 2 aliphatic rings. The third-order valence-corrected chi connectivity index (χ3v) is 7.06. The number of likely N-dealkylation sites (tertiary alicyclic amines) is 1. The van der Waals surface area contributed by atoms with E-state index < -0.39 is 5.41 Å². The van der Waals surface area contributed by atoms with Crippen LogP contribution in [0.3, 0.4) is 0 Å². The van der Waals surface area contributed by atoms with Gasteiger partial charge in [-0.15, -0.1) is 0 Å². The summed E-state index contributed by atoms with van der Waals surface area (Å²) in [6, 6.07) is 12.7. The number of benzene rings is 2. The quantitative estimate of drug-likeness (QED) is 0.644. The predicted octanol–water partition coefficient (Wildman–Crippen LogP) is 4.48. The van der Waals surface area contributed by atoms with Crippen LogP contribution in [0.25, 0.3) is 0 Å². The molecule has 0 N–H and O–H groups in total. The molecule has 0 spiro atoms. The Balaban J connectivity index is 1.44. The molecule has 0 radical (unpaired) electrons. The summed E-state index contributed by atoms with van der Waals surface area (Å²) in [4.78, 5) is 32.1. The minimum atomic E-state index is -0.452. The lowest BCUT2D eigenvalue weighted by Crippen LogP contribution is -2.54. The van der Waals surface area contributed by atoms with Crippen LogP contribution >= 0.6 is 0 Å². The van der Waals surface area contributed by atoms with Gasteiger partial charge in [0, 0.05) is 44.7 Å². The number of piperidine rings is 1. The Bertz CT molecular complexity index is 980. The summed E-state index contributed by atoms with van der Waals surface area (Å²) in [6.07, 6.45) is 1.65. The zero-order chi connectivity index (χ0) is 25.2. The van der Waals surface area contributed by atoms with Crippen molar-refractivity contribution in [1.29, 1.82) is 0 Å². The Morgan fingerprint density at radius 1 is 0.800 bits per heavy atom. The van der Waals surface area contributed by atoms with Gasteiger partial charge in [0.1, 0.15) is 11.6 Å². The number of hydrogen-bond donors (Lipinski definition) is 0. The molecule has 0 saturated carbocycles. The predicted molar refractivity (Wildman–Crippen MR) is 132 cm³/mol.